The summed E-state index contributed by atoms with van der Waals surface area (Å²) >= 11 is 0. The molecule has 0 unspecified atom stereocenters. The first kappa shape index (κ1) is 13.0. The van der Waals surface area contributed by atoms with Crippen molar-refractivity contribution in [3.05, 3.63) is 46.3 Å². The first-order valence-corrected chi connectivity index (χ1v) is 5.08. The lowest BCUT2D eigenvalue weighted by Gasteiger charge is -2.13. The highest BCUT2D eigenvalue weighted by Crippen LogP contribution is 2.05. The van der Waals surface area contributed by atoms with Gasteiger partial charge in [-0.1, -0.05) is 42.4 Å². The summed E-state index contributed by atoms with van der Waals surface area (Å²) in [6.45, 7) is 1.52. The third-order valence-electron chi connectivity index (χ3n) is 2.16. The minimum absolute atomic E-state index is 0.0831. The van der Waals surface area contributed by atoms with E-state index in [1.165, 1.54) is 6.92 Å². The van der Waals surface area contributed by atoms with E-state index in [1.807, 2.05) is 18.2 Å². The average Bonchev–Trinajstić information content (AvgIpc) is 2.36. The van der Waals surface area contributed by atoms with E-state index in [0.717, 1.165) is 5.56 Å². The maximum atomic E-state index is 11.4. The number of rotatable bonds is 5. The number of esters is 1. The highest BCUT2D eigenvalue weighted by Gasteiger charge is 2.22. The normalized spacial score (nSPS) is 13.3. The second kappa shape index (κ2) is 6.52. The maximum Gasteiger partial charge on any atom is 0.335 e. The van der Waals surface area contributed by atoms with Gasteiger partial charge in [0.15, 0.2) is 6.10 Å². The third-order valence-corrected chi connectivity index (χ3v) is 2.16. The number of carbonyl (C=O) groups excluding carboxylic acids is 1. The van der Waals surface area contributed by atoms with Crippen molar-refractivity contribution in [3.8, 4) is 0 Å². The molecule has 0 fully saturated rings. The minimum Gasteiger partial charge on any atom is -0.459 e. The van der Waals surface area contributed by atoms with E-state index >= 15 is 0 Å². The van der Waals surface area contributed by atoms with E-state index in [1.54, 1.807) is 12.1 Å². The molecule has 1 rings (SSSR count). The van der Waals surface area contributed by atoms with Gasteiger partial charge in [0.1, 0.15) is 6.61 Å². The molecule has 0 aliphatic carbocycles. The van der Waals surface area contributed by atoms with Crippen LogP contribution in [0.4, 0.5) is 0 Å². The molecule has 0 spiro atoms. The zero-order valence-corrected chi connectivity index (χ0v) is 9.35. The van der Waals surface area contributed by atoms with Crippen LogP contribution in [-0.4, -0.2) is 23.2 Å². The molecule has 0 saturated heterocycles. The number of ether oxygens (including phenoxy) is 1. The minimum atomic E-state index is -1.44. The lowest BCUT2D eigenvalue weighted by atomic mass is 10.2. The fraction of sp³-hybridized carbons (Fsp3) is 0.364. The highest BCUT2D eigenvalue weighted by molar-refractivity contribution is 5.75. The van der Waals surface area contributed by atoms with Gasteiger partial charge in [-0.05, 0) is 11.1 Å². The first-order chi connectivity index (χ1) is 8.15. The van der Waals surface area contributed by atoms with E-state index < -0.39 is 18.1 Å². The Morgan fingerprint density at radius 2 is 2.18 bits per heavy atom. The molecule has 90 valence electrons. The van der Waals surface area contributed by atoms with Crippen LogP contribution in [0.5, 0.6) is 0 Å². The van der Waals surface area contributed by atoms with Crippen LogP contribution in [-0.2, 0) is 16.1 Å². The van der Waals surface area contributed by atoms with Crippen LogP contribution in [0.25, 0.3) is 10.4 Å². The molecular formula is C11H13N3O3. The van der Waals surface area contributed by atoms with Gasteiger partial charge >= 0.3 is 5.97 Å². The molecule has 1 N–H and O–H groups in total. The molecule has 0 amide bonds. The molecule has 0 aliphatic rings. The van der Waals surface area contributed by atoms with E-state index in [9.17, 15) is 9.90 Å². The standard InChI is InChI=1S/C11H13N3O3/c1-8(13-14-12)10(15)11(16)17-7-9-5-3-2-4-6-9/h2-6,8,10,15H,7H2,1H3/t8-,10+/m0/s1. The number of hydrogen-bond acceptors (Lipinski definition) is 4. The summed E-state index contributed by atoms with van der Waals surface area (Å²) in [6, 6.07) is 8.25. The lowest BCUT2D eigenvalue weighted by Crippen LogP contribution is -2.31. The Morgan fingerprint density at radius 1 is 1.53 bits per heavy atom. The summed E-state index contributed by atoms with van der Waals surface area (Å²) in [7, 11) is 0. The van der Waals surface area contributed by atoms with Crippen molar-refractivity contribution in [1.29, 1.82) is 0 Å². The van der Waals surface area contributed by atoms with Gasteiger partial charge in [0, 0.05) is 4.91 Å². The summed E-state index contributed by atoms with van der Waals surface area (Å²) in [6.07, 6.45) is -1.44. The van der Waals surface area contributed by atoms with Gasteiger partial charge in [0.25, 0.3) is 0 Å². The van der Waals surface area contributed by atoms with Crippen molar-refractivity contribution < 1.29 is 14.6 Å². The molecule has 6 nitrogen and oxygen atoms in total. The Balaban J connectivity index is 2.47. The zero-order chi connectivity index (χ0) is 12.7. The summed E-state index contributed by atoms with van der Waals surface area (Å²) in [5, 5.41) is 12.7. The molecule has 2 atom stereocenters. The second-order valence-electron chi connectivity index (χ2n) is 3.48. The molecule has 0 aliphatic heterocycles. The van der Waals surface area contributed by atoms with E-state index in [4.69, 9.17) is 10.3 Å². The number of nitrogens with zero attached hydrogens (tertiary/aromatic N) is 3. The van der Waals surface area contributed by atoms with Gasteiger partial charge in [-0.25, -0.2) is 4.79 Å². The van der Waals surface area contributed by atoms with Crippen molar-refractivity contribution in [1.82, 2.24) is 0 Å². The summed E-state index contributed by atoms with van der Waals surface area (Å²) < 4.78 is 4.89. The Hall–Kier alpha value is -2.04. The summed E-state index contributed by atoms with van der Waals surface area (Å²) in [4.78, 5) is 13.9. The van der Waals surface area contributed by atoms with Crippen molar-refractivity contribution in [2.45, 2.75) is 25.7 Å². The van der Waals surface area contributed by atoms with Crippen LogP contribution in [0.1, 0.15) is 12.5 Å². The molecule has 6 heteroatoms. The number of azide groups is 1. The van der Waals surface area contributed by atoms with Crippen molar-refractivity contribution >= 4 is 5.97 Å². The van der Waals surface area contributed by atoms with Gasteiger partial charge in [0.2, 0.25) is 0 Å². The van der Waals surface area contributed by atoms with Gasteiger partial charge in [0.05, 0.1) is 6.04 Å². The van der Waals surface area contributed by atoms with E-state index in [-0.39, 0.29) is 6.61 Å². The van der Waals surface area contributed by atoms with Gasteiger partial charge in [-0.3, -0.25) is 0 Å². The average molecular weight is 235 g/mol. The monoisotopic (exact) mass is 235 g/mol. The molecule has 0 aromatic heterocycles. The fourth-order valence-electron chi connectivity index (χ4n) is 1.16. The van der Waals surface area contributed by atoms with Crippen LogP contribution >= 0.6 is 0 Å². The predicted molar refractivity (Wildman–Crippen MR) is 60.9 cm³/mol. The van der Waals surface area contributed by atoms with Crippen LogP contribution in [0, 0.1) is 0 Å². The van der Waals surface area contributed by atoms with Crippen LogP contribution in [0.2, 0.25) is 0 Å². The van der Waals surface area contributed by atoms with Crippen molar-refractivity contribution in [2.75, 3.05) is 0 Å². The molecule has 1 aromatic carbocycles. The van der Waals surface area contributed by atoms with Gasteiger partial charge in [-0.2, -0.15) is 0 Å². The molecule has 1 aromatic rings. The molecule has 0 heterocycles. The zero-order valence-electron chi connectivity index (χ0n) is 9.35. The SMILES string of the molecule is C[C@H](N=[N+]=[N-])[C@@H](O)C(=O)OCc1ccccc1. The molecule has 0 radical (unpaired) electrons. The quantitative estimate of drug-likeness (QED) is 0.364. The van der Waals surface area contributed by atoms with E-state index in [0.29, 0.717) is 0 Å². The third kappa shape index (κ3) is 4.14. The fourth-order valence-corrected chi connectivity index (χ4v) is 1.16. The Labute approximate surface area is 98.5 Å². The maximum absolute atomic E-state index is 11.4. The summed E-state index contributed by atoms with van der Waals surface area (Å²) in [5.41, 5.74) is 8.99. The molecule has 0 saturated carbocycles. The van der Waals surface area contributed by atoms with Crippen LogP contribution < -0.4 is 0 Å². The van der Waals surface area contributed by atoms with Crippen LogP contribution in [0.3, 0.4) is 0 Å². The van der Waals surface area contributed by atoms with E-state index in [2.05, 4.69) is 10.0 Å². The van der Waals surface area contributed by atoms with Crippen molar-refractivity contribution in [2.24, 2.45) is 5.11 Å². The van der Waals surface area contributed by atoms with Crippen LogP contribution in [0.15, 0.2) is 35.4 Å². The number of hydrogen-bond donors (Lipinski definition) is 1. The first-order valence-electron chi connectivity index (χ1n) is 5.08. The number of aliphatic hydroxyl groups is 1. The summed E-state index contributed by atoms with van der Waals surface area (Å²) in [5.74, 6) is -0.797. The molecular weight excluding hydrogens is 222 g/mol. The van der Waals surface area contributed by atoms with Gasteiger partial charge in [-0.15, -0.1) is 0 Å². The smallest absolute Gasteiger partial charge is 0.335 e. The largest absolute Gasteiger partial charge is 0.459 e. The van der Waals surface area contributed by atoms with Crippen molar-refractivity contribution in [3.63, 3.8) is 0 Å². The molecule has 0 bridgehead atoms. The predicted octanol–water partition coefficient (Wildman–Crippen LogP) is 1.79. The number of aliphatic hydroxyl groups excluding tert-OH is 1. The topological polar surface area (TPSA) is 95.3 Å². The van der Waals surface area contributed by atoms with Gasteiger partial charge < -0.3 is 9.84 Å². The number of carbonyl (C=O) groups is 1. The number of benzene rings is 1. The molecule has 17 heavy (non-hydrogen) atoms. The highest BCUT2D eigenvalue weighted by atomic mass is 16.5. The Bertz CT molecular complexity index is 415. The second-order valence-corrected chi connectivity index (χ2v) is 3.48. The lowest BCUT2D eigenvalue weighted by molar-refractivity contribution is -0.155. The Morgan fingerprint density at radius 3 is 2.76 bits per heavy atom. The Kier molecular flexibility index (Phi) is 5.00.